The average Bonchev–Trinajstić information content (AvgIpc) is 2.24. The number of hydrogen-bond acceptors (Lipinski definition) is 2. The van der Waals surface area contributed by atoms with Crippen LogP contribution in [0.15, 0.2) is 24.3 Å². The molecule has 2 heteroatoms. The molecule has 0 fully saturated rings. The first-order valence-electron chi connectivity index (χ1n) is 5.57. The molecular formula is C14H21NO. The smallest absolute Gasteiger partial charge is 0.125 e. The van der Waals surface area contributed by atoms with Crippen molar-refractivity contribution in [1.29, 1.82) is 0 Å². The zero-order valence-corrected chi connectivity index (χ0v) is 10.7. The largest absolute Gasteiger partial charge is 0.489 e. The molecule has 0 bridgehead atoms. The van der Waals surface area contributed by atoms with Crippen molar-refractivity contribution in [3.8, 4) is 5.75 Å². The van der Waals surface area contributed by atoms with Gasteiger partial charge in [-0.3, -0.25) is 0 Å². The lowest BCUT2D eigenvalue weighted by Crippen LogP contribution is -2.15. The van der Waals surface area contributed by atoms with E-state index >= 15 is 0 Å². The summed E-state index contributed by atoms with van der Waals surface area (Å²) in [6.45, 7) is 11.6. The molecule has 1 rings (SSSR count). The second-order valence-electron chi connectivity index (χ2n) is 4.22. The Labute approximate surface area is 98.3 Å². The molecule has 16 heavy (non-hydrogen) atoms. The van der Waals surface area contributed by atoms with Crippen LogP contribution in [0, 0.1) is 20.8 Å². The zero-order valence-electron chi connectivity index (χ0n) is 10.7. The lowest BCUT2D eigenvalue weighted by molar-refractivity contribution is 0.344. The third-order valence-corrected chi connectivity index (χ3v) is 2.72. The molecule has 0 atom stereocenters. The first-order chi connectivity index (χ1) is 7.56. The van der Waals surface area contributed by atoms with Gasteiger partial charge in [0.25, 0.3) is 0 Å². The van der Waals surface area contributed by atoms with E-state index in [-0.39, 0.29) is 0 Å². The second-order valence-corrected chi connectivity index (χ2v) is 4.22. The van der Waals surface area contributed by atoms with Crippen molar-refractivity contribution < 1.29 is 4.74 Å². The van der Waals surface area contributed by atoms with Crippen LogP contribution in [0.5, 0.6) is 5.75 Å². The second kappa shape index (κ2) is 5.71. The summed E-state index contributed by atoms with van der Waals surface area (Å²) in [5.41, 5.74) is 4.72. The molecule has 0 aliphatic rings. The summed E-state index contributed by atoms with van der Waals surface area (Å²) >= 11 is 0. The first-order valence-corrected chi connectivity index (χ1v) is 5.57. The van der Waals surface area contributed by atoms with Crippen LogP contribution >= 0.6 is 0 Å². The maximum atomic E-state index is 5.82. The predicted molar refractivity (Wildman–Crippen MR) is 69.2 cm³/mol. The normalized spacial score (nSPS) is 10.2. The van der Waals surface area contributed by atoms with Crippen molar-refractivity contribution in [3.05, 3.63) is 41.0 Å². The van der Waals surface area contributed by atoms with Crippen molar-refractivity contribution in [2.45, 2.75) is 20.8 Å². The fraction of sp³-hybridized carbons (Fsp3) is 0.429. The summed E-state index contributed by atoms with van der Waals surface area (Å²) in [4.78, 5) is 0. The third-order valence-electron chi connectivity index (χ3n) is 2.72. The van der Waals surface area contributed by atoms with Gasteiger partial charge in [0.2, 0.25) is 0 Å². The number of nitrogens with one attached hydrogen (secondary N) is 1. The molecule has 0 radical (unpaired) electrons. The fourth-order valence-electron chi connectivity index (χ4n) is 1.62. The summed E-state index contributed by atoms with van der Waals surface area (Å²) in [7, 11) is 1.91. The van der Waals surface area contributed by atoms with Gasteiger partial charge in [-0.2, -0.15) is 0 Å². The van der Waals surface area contributed by atoms with Gasteiger partial charge in [-0.15, -0.1) is 0 Å². The molecule has 0 saturated carbocycles. The quantitative estimate of drug-likeness (QED) is 0.769. The van der Waals surface area contributed by atoms with Crippen LogP contribution in [0.2, 0.25) is 0 Å². The number of benzene rings is 1. The third kappa shape index (κ3) is 3.11. The van der Waals surface area contributed by atoms with Gasteiger partial charge in [0, 0.05) is 6.54 Å². The van der Waals surface area contributed by atoms with Crippen LogP contribution in [0.25, 0.3) is 0 Å². The molecule has 88 valence electrons. The highest BCUT2D eigenvalue weighted by atomic mass is 16.5. The Morgan fingerprint density at radius 1 is 1.25 bits per heavy atom. The molecule has 1 N–H and O–H groups in total. The van der Waals surface area contributed by atoms with E-state index in [9.17, 15) is 0 Å². The van der Waals surface area contributed by atoms with Crippen molar-refractivity contribution in [1.82, 2.24) is 5.32 Å². The molecular weight excluding hydrogens is 198 g/mol. The molecule has 1 aromatic carbocycles. The van der Waals surface area contributed by atoms with Gasteiger partial charge in [0.05, 0.1) is 0 Å². The van der Waals surface area contributed by atoms with Crippen molar-refractivity contribution in [2.24, 2.45) is 0 Å². The predicted octanol–water partition coefficient (Wildman–Crippen LogP) is 2.77. The number of aryl methyl sites for hydroxylation is 2. The summed E-state index contributed by atoms with van der Waals surface area (Å²) in [5, 5.41) is 3.06. The first kappa shape index (κ1) is 12.8. The average molecular weight is 219 g/mol. The summed E-state index contributed by atoms with van der Waals surface area (Å²) in [6.07, 6.45) is 0. The van der Waals surface area contributed by atoms with Gasteiger partial charge in [-0.1, -0.05) is 18.7 Å². The van der Waals surface area contributed by atoms with E-state index in [4.69, 9.17) is 4.74 Å². The number of rotatable bonds is 5. The SMILES string of the molecule is C=C(CNC)COc1c(C)ccc(C)c1C. The Morgan fingerprint density at radius 2 is 1.88 bits per heavy atom. The van der Waals surface area contributed by atoms with Gasteiger partial charge >= 0.3 is 0 Å². The van der Waals surface area contributed by atoms with Crippen LogP contribution in [0.3, 0.4) is 0 Å². The minimum atomic E-state index is 0.575. The van der Waals surface area contributed by atoms with Crippen molar-refractivity contribution in [2.75, 3.05) is 20.2 Å². The molecule has 1 aromatic rings. The maximum Gasteiger partial charge on any atom is 0.125 e. The van der Waals surface area contributed by atoms with Gasteiger partial charge < -0.3 is 10.1 Å². The molecule has 0 aliphatic heterocycles. The topological polar surface area (TPSA) is 21.3 Å². The van der Waals surface area contributed by atoms with Gasteiger partial charge in [-0.05, 0) is 50.1 Å². The van der Waals surface area contributed by atoms with Crippen LogP contribution < -0.4 is 10.1 Å². The van der Waals surface area contributed by atoms with E-state index in [0.717, 1.165) is 17.9 Å². The Bertz CT molecular complexity index is 383. The van der Waals surface area contributed by atoms with E-state index < -0.39 is 0 Å². The number of likely N-dealkylation sites (N-methyl/N-ethyl adjacent to an activating group) is 1. The zero-order chi connectivity index (χ0) is 12.1. The van der Waals surface area contributed by atoms with Gasteiger partial charge in [-0.25, -0.2) is 0 Å². The van der Waals surface area contributed by atoms with E-state index in [0.29, 0.717) is 6.61 Å². The van der Waals surface area contributed by atoms with Crippen LogP contribution in [-0.2, 0) is 0 Å². The van der Waals surface area contributed by atoms with E-state index in [2.05, 4.69) is 44.8 Å². The summed E-state index contributed by atoms with van der Waals surface area (Å²) in [6, 6.07) is 4.22. The van der Waals surface area contributed by atoms with E-state index in [1.165, 1.54) is 16.7 Å². The monoisotopic (exact) mass is 219 g/mol. The summed E-state index contributed by atoms with van der Waals surface area (Å²) < 4.78 is 5.82. The van der Waals surface area contributed by atoms with E-state index in [1.807, 2.05) is 7.05 Å². The van der Waals surface area contributed by atoms with Gasteiger partial charge in [0.1, 0.15) is 12.4 Å². The Morgan fingerprint density at radius 3 is 2.50 bits per heavy atom. The lowest BCUT2D eigenvalue weighted by Gasteiger charge is -2.14. The van der Waals surface area contributed by atoms with Crippen molar-refractivity contribution >= 4 is 0 Å². The highest BCUT2D eigenvalue weighted by Crippen LogP contribution is 2.25. The Balaban J connectivity index is 2.74. The minimum Gasteiger partial charge on any atom is -0.489 e. The molecule has 0 aromatic heterocycles. The molecule has 0 amide bonds. The number of hydrogen-bond donors (Lipinski definition) is 1. The lowest BCUT2D eigenvalue weighted by atomic mass is 10.1. The minimum absolute atomic E-state index is 0.575. The van der Waals surface area contributed by atoms with Crippen LogP contribution in [0.4, 0.5) is 0 Å². The Kier molecular flexibility index (Phi) is 4.56. The van der Waals surface area contributed by atoms with Crippen LogP contribution in [-0.4, -0.2) is 20.2 Å². The number of ether oxygens (including phenoxy) is 1. The highest BCUT2D eigenvalue weighted by Gasteiger charge is 2.06. The van der Waals surface area contributed by atoms with E-state index in [1.54, 1.807) is 0 Å². The van der Waals surface area contributed by atoms with Gasteiger partial charge in [0.15, 0.2) is 0 Å². The molecule has 2 nitrogen and oxygen atoms in total. The molecule has 0 spiro atoms. The molecule has 0 unspecified atom stereocenters. The molecule has 0 aliphatic carbocycles. The molecule has 0 saturated heterocycles. The fourth-order valence-corrected chi connectivity index (χ4v) is 1.62. The summed E-state index contributed by atoms with van der Waals surface area (Å²) in [5.74, 6) is 0.997. The van der Waals surface area contributed by atoms with Crippen molar-refractivity contribution in [3.63, 3.8) is 0 Å². The maximum absolute atomic E-state index is 5.82. The van der Waals surface area contributed by atoms with Crippen LogP contribution in [0.1, 0.15) is 16.7 Å². The Hall–Kier alpha value is -1.28. The molecule has 0 heterocycles. The standard InChI is InChI=1S/C14H21NO/c1-10(8-15-5)9-16-14-12(3)7-6-11(2)13(14)4/h6-7,15H,1,8-9H2,2-5H3. The highest BCUT2D eigenvalue weighted by molar-refractivity contribution is 5.44.